The number of nitrogens with zero attached hydrogens (tertiary/aromatic N) is 5. The molecular formula is C20H18FN7O. The Bertz CT molecular complexity index is 1150. The lowest BCUT2D eigenvalue weighted by atomic mass is 10.1. The van der Waals surface area contributed by atoms with Crippen LogP contribution in [0.15, 0.2) is 36.5 Å². The molecule has 3 heterocycles. The number of ether oxygens (including phenoxy) is 1. The number of halogens is 1. The first-order valence-electron chi connectivity index (χ1n) is 9.37. The topological polar surface area (TPSA) is 105 Å². The van der Waals surface area contributed by atoms with Gasteiger partial charge in [-0.2, -0.15) is 5.21 Å². The molecule has 0 saturated heterocycles. The van der Waals surface area contributed by atoms with E-state index in [4.69, 9.17) is 4.74 Å². The Balaban J connectivity index is 1.58. The highest BCUT2D eigenvalue weighted by Gasteiger charge is 2.24. The summed E-state index contributed by atoms with van der Waals surface area (Å²) in [5.41, 5.74) is 3.53. The predicted molar refractivity (Wildman–Crippen MR) is 103 cm³/mol. The van der Waals surface area contributed by atoms with Crippen molar-refractivity contribution in [2.75, 3.05) is 6.61 Å². The van der Waals surface area contributed by atoms with Gasteiger partial charge in [0.25, 0.3) is 0 Å². The van der Waals surface area contributed by atoms with E-state index in [2.05, 4.69) is 35.6 Å². The zero-order chi connectivity index (χ0) is 19.8. The van der Waals surface area contributed by atoms with Crippen LogP contribution in [0.5, 0.6) is 5.75 Å². The van der Waals surface area contributed by atoms with Crippen molar-refractivity contribution in [1.82, 2.24) is 35.6 Å². The van der Waals surface area contributed by atoms with E-state index in [1.165, 1.54) is 12.1 Å². The molecule has 1 saturated carbocycles. The highest BCUT2D eigenvalue weighted by Crippen LogP contribution is 2.38. The summed E-state index contributed by atoms with van der Waals surface area (Å²) in [5, 5.41) is 14.1. The van der Waals surface area contributed by atoms with Crippen molar-refractivity contribution in [1.29, 1.82) is 0 Å². The zero-order valence-electron chi connectivity index (χ0n) is 15.7. The van der Waals surface area contributed by atoms with E-state index in [0.717, 1.165) is 35.5 Å². The molecule has 4 aromatic rings. The third kappa shape index (κ3) is 3.58. The second-order valence-corrected chi connectivity index (χ2v) is 7.11. The normalized spacial score (nSPS) is 13.6. The fourth-order valence-electron chi connectivity index (χ4n) is 3.17. The van der Waals surface area contributed by atoms with E-state index in [9.17, 15) is 4.39 Å². The van der Waals surface area contributed by atoms with Crippen LogP contribution in [-0.4, -0.2) is 42.2 Å². The third-order valence-electron chi connectivity index (χ3n) is 4.81. The molecule has 1 aliphatic carbocycles. The molecule has 0 unspecified atom stereocenters. The van der Waals surface area contributed by atoms with Crippen LogP contribution >= 0.6 is 0 Å². The summed E-state index contributed by atoms with van der Waals surface area (Å²) in [6.07, 6.45) is 3.99. The van der Waals surface area contributed by atoms with Crippen molar-refractivity contribution in [3.8, 4) is 39.8 Å². The second-order valence-electron chi connectivity index (χ2n) is 7.11. The Morgan fingerprint density at radius 1 is 1.21 bits per heavy atom. The van der Waals surface area contributed by atoms with Gasteiger partial charge in [-0.15, -0.1) is 10.2 Å². The molecular weight excluding hydrogens is 373 g/mol. The maximum absolute atomic E-state index is 13.9. The minimum Gasteiger partial charge on any atom is -0.492 e. The van der Waals surface area contributed by atoms with Gasteiger partial charge in [0.1, 0.15) is 23.1 Å². The van der Waals surface area contributed by atoms with Gasteiger partial charge in [0.05, 0.1) is 18.0 Å². The van der Waals surface area contributed by atoms with E-state index < -0.39 is 0 Å². The van der Waals surface area contributed by atoms with Gasteiger partial charge in [-0.3, -0.25) is 4.98 Å². The average Bonchev–Trinajstić information content (AvgIpc) is 3.23. The molecule has 9 heteroatoms. The molecule has 1 aliphatic rings. The third-order valence-corrected chi connectivity index (χ3v) is 4.81. The van der Waals surface area contributed by atoms with Gasteiger partial charge < -0.3 is 9.72 Å². The molecule has 0 bridgehead atoms. The SMILES string of the molecule is Cc1nc(-c2ccc(F)cc2OCC2CC2)c(-c2cc(-c3nn[nH]n3)ccn2)[nH]1. The minimum atomic E-state index is -0.342. The maximum atomic E-state index is 13.9. The van der Waals surface area contributed by atoms with Crippen LogP contribution in [0.2, 0.25) is 0 Å². The van der Waals surface area contributed by atoms with Gasteiger partial charge in [0.2, 0.25) is 5.82 Å². The summed E-state index contributed by atoms with van der Waals surface area (Å²) in [6, 6.07) is 8.18. The fraction of sp³-hybridized carbons (Fsp3) is 0.250. The number of tetrazole rings is 1. The minimum absolute atomic E-state index is 0.342. The quantitative estimate of drug-likeness (QED) is 0.521. The van der Waals surface area contributed by atoms with Crippen molar-refractivity contribution in [2.24, 2.45) is 5.92 Å². The fourth-order valence-corrected chi connectivity index (χ4v) is 3.17. The molecule has 1 fully saturated rings. The number of aromatic nitrogens is 7. The van der Waals surface area contributed by atoms with Crippen molar-refractivity contribution in [2.45, 2.75) is 19.8 Å². The summed E-state index contributed by atoms with van der Waals surface area (Å²) in [4.78, 5) is 12.4. The van der Waals surface area contributed by atoms with E-state index in [1.54, 1.807) is 18.3 Å². The molecule has 8 nitrogen and oxygen atoms in total. The molecule has 3 aromatic heterocycles. The summed E-state index contributed by atoms with van der Waals surface area (Å²) >= 11 is 0. The Hall–Kier alpha value is -3.62. The number of nitrogens with one attached hydrogen (secondary N) is 2. The Morgan fingerprint density at radius 3 is 2.90 bits per heavy atom. The highest BCUT2D eigenvalue weighted by molar-refractivity contribution is 5.81. The molecule has 0 aliphatic heterocycles. The van der Waals surface area contributed by atoms with Gasteiger partial charge in [0.15, 0.2) is 0 Å². The zero-order valence-corrected chi connectivity index (χ0v) is 15.7. The van der Waals surface area contributed by atoms with Crippen LogP contribution in [-0.2, 0) is 0 Å². The molecule has 146 valence electrons. The number of aromatic amines is 2. The molecule has 29 heavy (non-hydrogen) atoms. The summed E-state index contributed by atoms with van der Waals surface area (Å²) in [6.45, 7) is 2.45. The molecule has 0 spiro atoms. The van der Waals surface area contributed by atoms with Crippen LogP contribution in [0.25, 0.3) is 34.0 Å². The van der Waals surface area contributed by atoms with Gasteiger partial charge in [0, 0.05) is 23.4 Å². The van der Waals surface area contributed by atoms with E-state index in [1.807, 2.05) is 13.0 Å². The number of hydrogen-bond donors (Lipinski definition) is 2. The predicted octanol–water partition coefficient (Wildman–Crippen LogP) is 3.56. The molecule has 0 amide bonds. The molecule has 0 atom stereocenters. The van der Waals surface area contributed by atoms with Crippen LogP contribution in [0, 0.1) is 18.7 Å². The van der Waals surface area contributed by atoms with Gasteiger partial charge in [-0.05, 0) is 55.2 Å². The van der Waals surface area contributed by atoms with Crippen molar-refractivity contribution in [3.05, 3.63) is 48.2 Å². The van der Waals surface area contributed by atoms with Crippen LogP contribution < -0.4 is 4.74 Å². The molecule has 5 rings (SSSR count). The molecule has 2 N–H and O–H groups in total. The molecule has 0 radical (unpaired) electrons. The summed E-state index contributed by atoms with van der Waals surface area (Å²) in [5.74, 6) is 1.89. The first-order chi connectivity index (χ1) is 14.2. The second kappa shape index (κ2) is 7.08. The lowest BCUT2D eigenvalue weighted by Gasteiger charge is -2.11. The monoisotopic (exact) mass is 391 g/mol. The standard InChI is InChI=1S/C20H18FN7O/c1-11-23-18(15-5-4-14(21)9-17(15)29-10-12-2-3-12)19(24-11)16-8-13(6-7-22-16)20-25-27-28-26-20/h4-9,12H,2-3,10H2,1H3,(H,23,24)(H,25,26,27,28). The van der Waals surface area contributed by atoms with Crippen LogP contribution in [0.3, 0.4) is 0 Å². The largest absolute Gasteiger partial charge is 0.492 e. The number of aryl methyl sites for hydroxylation is 1. The number of imidazole rings is 1. The number of hydrogen-bond acceptors (Lipinski definition) is 6. The van der Waals surface area contributed by atoms with Crippen LogP contribution in [0.4, 0.5) is 4.39 Å². The summed E-state index contributed by atoms with van der Waals surface area (Å²) in [7, 11) is 0. The van der Waals surface area contributed by atoms with Gasteiger partial charge in [-0.1, -0.05) is 0 Å². The summed E-state index contributed by atoms with van der Waals surface area (Å²) < 4.78 is 19.8. The maximum Gasteiger partial charge on any atom is 0.204 e. The lowest BCUT2D eigenvalue weighted by molar-refractivity contribution is 0.299. The van der Waals surface area contributed by atoms with Gasteiger partial charge >= 0.3 is 0 Å². The van der Waals surface area contributed by atoms with Crippen molar-refractivity contribution >= 4 is 0 Å². The molecule has 1 aromatic carbocycles. The van der Waals surface area contributed by atoms with Crippen molar-refractivity contribution < 1.29 is 9.13 Å². The number of benzene rings is 1. The number of H-pyrrole nitrogens is 2. The van der Waals surface area contributed by atoms with E-state index in [0.29, 0.717) is 35.5 Å². The first-order valence-corrected chi connectivity index (χ1v) is 9.37. The highest BCUT2D eigenvalue weighted by atomic mass is 19.1. The van der Waals surface area contributed by atoms with E-state index in [-0.39, 0.29) is 5.82 Å². The lowest BCUT2D eigenvalue weighted by Crippen LogP contribution is -2.01. The number of rotatable bonds is 6. The van der Waals surface area contributed by atoms with Gasteiger partial charge in [-0.25, -0.2) is 9.37 Å². The number of pyridine rings is 1. The Kier molecular flexibility index (Phi) is 4.27. The Labute approximate surface area is 165 Å². The van der Waals surface area contributed by atoms with E-state index >= 15 is 0 Å². The average molecular weight is 391 g/mol. The smallest absolute Gasteiger partial charge is 0.204 e. The van der Waals surface area contributed by atoms with Crippen molar-refractivity contribution in [3.63, 3.8) is 0 Å². The Morgan fingerprint density at radius 2 is 2.10 bits per heavy atom. The first kappa shape index (κ1) is 17.5. The van der Waals surface area contributed by atoms with Crippen LogP contribution in [0.1, 0.15) is 18.7 Å².